The van der Waals surface area contributed by atoms with E-state index in [1.54, 1.807) is 29.8 Å². The minimum absolute atomic E-state index is 0.0799. The monoisotopic (exact) mass is 326 g/mol. The second-order valence-electron chi connectivity index (χ2n) is 5.54. The maximum absolute atomic E-state index is 10.7. The van der Waals surface area contributed by atoms with Gasteiger partial charge in [-0.05, 0) is 43.4 Å². The minimum atomic E-state index is -0.401. The van der Waals surface area contributed by atoms with Crippen molar-refractivity contribution in [3.05, 3.63) is 51.1 Å². The van der Waals surface area contributed by atoms with Gasteiger partial charge in [0.05, 0.1) is 10.3 Å². The summed E-state index contributed by atoms with van der Waals surface area (Å²) in [5.74, 6) is 0.781. The number of benzene rings is 1. The van der Waals surface area contributed by atoms with E-state index in [4.69, 9.17) is 0 Å². The Morgan fingerprint density at radius 3 is 2.70 bits per heavy atom. The lowest BCUT2D eigenvalue weighted by atomic mass is 9.97. The molecule has 1 N–H and O–H groups in total. The van der Waals surface area contributed by atoms with Crippen LogP contribution in [0.4, 0.5) is 17.2 Å². The van der Waals surface area contributed by atoms with Gasteiger partial charge in [-0.1, -0.05) is 0 Å². The van der Waals surface area contributed by atoms with Crippen LogP contribution in [0.1, 0.15) is 23.3 Å². The Bertz CT molecular complexity index is 889. The minimum Gasteiger partial charge on any atom is -0.340 e. The highest BCUT2D eigenvalue weighted by molar-refractivity contribution is 7.19. The second-order valence-corrected chi connectivity index (χ2v) is 6.63. The molecular weight excluding hydrogens is 312 g/mol. The summed E-state index contributed by atoms with van der Waals surface area (Å²) < 4.78 is 0. The largest absolute Gasteiger partial charge is 0.340 e. The predicted octanol–water partition coefficient (Wildman–Crippen LogP) is 4.22. The molecule has 0 saturated carbocycles. The van der Waals surface area contributed by atoms with Gasteiger partial charge in [0.25, 0.3) is 5.69 Å². The molecule has 2 heterocycles. The Morgan fingerprint density at radius 1 is 1.13 bits per heavy atom. The van der Waals surface area contributed by atoms with Gasteiger partial charge in [0.2, 0.25) is 0 Å². The van der Waals surface area contributed by atoms with Crippen molar-refractivity contribution in [1.29, 1.82) is 0 Å². The van der Waals surface area contributed by atoms with E-state index in [2.05, 4.69) is 15.3 Å². The average molecular weight is 326 g/mol. The zero-order chi connectivity index (χ0) is 15.8. The van der Waals surface area contributed by atoms with Crippen LogP contribution in [0.2, 0.25) is 0 Å². The molecule has 0 amide bonds. The average Bonchev–Trinajstić information content (AvgIpc) is 2.95. The Hall–Kier alpha value is -2.54. The van der Waals surface area contributed by atoms with E-state index < -0.39 is 4.92 Å². The molecule has 1 aromatic carbocycles. The fraction of sp³-hybridized carbons (Fsp3) is 0.250. The molecule has 6 nitrogen and oxygen atoms in total. The van der Waals surface area contributed by atoms with Gasteiger partial charge in [-0.15, -0.1) is 11.3 Å². The van der Waals surface area contributed by atoms with Gasteiger partial charge in [0, 0.05) is 22.7 Å². The molecule has 3 aromatic rings. The molecule has 116 valence electrons. The maximum atomic E-state index is 10.7. The summed E-state index contributed by atoms with van der Waals surface area (Å²) in [6.45, 7) is 0. The van der Waals surface area contributed by atoms with Crippen LogP contribution in [0.3, 0.4) is 0 Å². The number of nitrogens with one attached hydrogen (secondary N) is 1. The summed E-state index contributed by atoms with van der Waals surface area (Å²) in [6, 6.07) is 6.38. The quantitative estimate of drug-likeness (QED) is 0.575. The number of thiophene rings is 1. The second kappa shape index (κ2) is 5.58. The fourth-order valence-electron chi connectivity index (χ4n) is 2.99. The number of non-ortho nitro benzene ring substituents is 1. The summed E-state index contributed by atoms with van der Waals surface area (Å²) in [7, 11) is 0. The van der Waals surface area contributed by atoms with Gasteiger partial charge < -0.3 is 5.32 Å². The van der Waals surface area contributed by atoms with Gasteiger partial charge in [0.15, 0.2) is 0 Å². The molecule has 0 aliphatic heterocycles. The first-order valence-electron chi connectivity index (χ1n) is 7.49. The predicted molar refractivity (Wildman–Crippen MR) is 90.4 cm³/mol. The van der Waals surface area contributed by atoms with Crippen molar-refractivity contribution in [2.45, 2.75) is 25.7 Å². The highest BCUT2D eigenvalue weighted by Gasteiger charge is 2.19. The van der Waals surface area contributed by atoms with E-state index in [-0.39, 0.29) is 5.69 Å². The molecule has 0 saturated heterocycles. The van der Waals surface area contributed by atoms with Crippen LogP contribution < -0.4 is 5.32 Å². The molecule has 0 radical (unpaired) electrons. The number of nitrogens with zero attached hydrogens (tertiary/aromatic N) is 3. The van der Waals surface area contributed by atoms with Gasteiger partial charge >= 0.3 is 0 Å². The van der Waals surface area contributed by atoms with E-state index in [1.807, 2.05) is 0 Å². The van der Waals surface area contributed by atoms with Crippen molar-refractivity contribution in [2.75, 3.05) is 5.32 Å². The number of hydrogen-bond acceptors (Lipinski definition) is 6. The molecule has 1 aliphatic carbocycles. The number of hydrogen-bond donors (Lipinski definition) is 1. The molecule has 0 unspecified atom stereocenters. The first-order valence-corrected chi connectivity index (χ1v) is 8.31. The molecule has 0 spiro atoms. The summed E-state index contributed by atoms with van der Waals surface area (Å²) in [5, 5.41) is 15.1. The normalized spacial score (nSPS) is 13.7. The van der Waals surface area contributed by atoms with Gasteiger partial charge in [-0.2, -0.15) is 0 Å². The number of rotatable bonds is 3. The van der Waals surface area contributed by atoms with Crippen LogP contribution in [0.25, 0.3) is 10.2 Å². The Balaban J connectivity index is 1.74. The SMILES string of the molecule is O=[N+]([O-])c1ccc(Nc2ncnc3sc4c(c23)CCCC4)cc1. The molecule has 0 bridgehead atoms. The first kappa shape index (κ1) is 14.1. The number of nitro groups is 1. The number of aryl methyl sites for hydroxylation is 2. The zero-order valence-corrected chi connectivity index (χ0v) is 13.1. The van der Waals surface area contributed by atoms with Crippen LogP contribution in [0.5, 0.6) is 0 Å². The maximum Gasteiger partial charge on any atom is 0.269 e. The van der Waals surface area contributed by atoms with Crippen LogP contribution in [-0.4, -0.2) is 14.9 Å². The standard InChI is InChI=1S/C16H14N4O2S/c21-20(22)11-7-5-10(6-8-11)19-15-14-12-3-1-2-4-13(12)23-16(14)18-9-17-15/h5-9H,1-4H2,(H,17,18,19). The molecule has 4 rings (SSSR count). The highest BCUT2D eigenvalue weighted by Crippen LogP contribution is 2.38. The highest BCUT2D eigenvalue weighted by atomic mass is 32.1. The van der Waals surface area contributed by atoms with Gasteiger partial charge in [-0.3, -0.25) is 10.1 Å². The third kappa shape index (κ3) is 2.53. The van der Waals surface area contributed by atoms with Gasteiger partial charge in [-0.25, -0.2) is 9.97 Å². The van der Waals surface area contributed by atoms with E-state index in [1.165, 1.54) is 35.4 Å². The van der Waals surface area contributed by atoms with Crippen molar-refractivity contribution < 1.29 is 4.92 Å². The Morgan fingerprint density at radius 2 is 1.91 bits per heavy atom. The molecule has 2 aromatic heterocycles. The van der Waals surface area contributed by atoms with Crippen molar-refractivity contribution in [2.24, 2.45) is 0 Å². The Labute approximate surface area is 136 Å². The van der Waals surface area contributed by atoms with Crippen molar-refractivity contribution in [1.82, 2.24) is 9.97 Å². The van der Waals surface area contributed by atoms with Crippen LogP contribution in [0, 0.1) is 10.1 Å². The van der Waals surface area contributed by atoms with Crippen LogP contribution in [-0.2, 0) is 12.8 Å². The summed E-state index contributed by atoms with van der Waals surface area (Å²) in [4.78, 5) is 21.6. The van der Waals surface area contributed by atoms with Crippen molar-refractivity contribution >= 4 is 38.7 Å². The third-order valence-corrected chi connectivity index (χ3v) is 5.29. The topological polar surface area (TPSA) is 81.0 Å². The van der Waals surface area contributed by atoms with E-state index in [9.17, 15) is 10.1 Å². The smallest absolute Gasteiger partial charge is 0.269 e. The first-order chi connectivity index (χ1) is 11.2. The lowest BCUT2D eigenvalue weighted by Crippen LogP contribution is -2.01. The van der Waals surface area contributed by atoms with E-state index >= 15 is 0 Å². The number of aromatic nitrogens is 2. The van der Waals surface area contributed by atoms with Crippen molar-refractivity contribution in [3.63, 3.8) is 0 Å². The lowest BCUT2D eigenvalue weighted by Gasteiger charge is -2.12. The lowest BCUT2D eigenvalue weighted by molar-refractivity contribution is -0.384. The summed E-state index contributed by atoms with van der Waals surface area (Å²) >= 11 is 1.75. The number of nitro benzene ring substituents is 1. The van der Waals surface area contributed by atoms with Crippen molar-refractivity contribution in [3.8, 4) is 0 Å². The van der Waals surface area contributed by atoms with E-state index in [0.717, 1.165) is 34.6 Å². The molecule has 23 heavy (non-hydrogen) atoms. The summed E-state index contributed by atoms with van der Waals surface area (Å²) in [6.07, 6.45) is 6.19. The molecule has 1 aliphatic rings. The van der Waals surface area contributed by atoms with Crippen LogP contribution >= 0.6 is 11.3 Å². The Kier molecular flexibility index (Phi) is 3.42. The number of fused-ring (bicyclic) bond motifs is 3. The molecule has 0 fully saturated rings. The zero-order valence-electron chi connectivity index (χ0n) is 12.3. The fourth-order valence-corrected chi connectivity index (χ4v) is 4.22. The summed E-state index contributed by atoms with van der Waals surface area (Å²) in [5.41, 5.74) is 2.23. The molecular formula is C16H14N4O2S. The third-order valence-electron chi connectivity index (χ3n) is 4.09. The molecule has 7 heteroatoms. The number of anilines is 2. The van der Waals surface area contributed by atoms with Crippen LogP contribution in [0.15, 0.2) is 30.6 Å². The molecule has 0 atom stereocenters. The van der Waals surface area contributed by atoms with Gasteiger partial charge in [0.1, 0.15) is 17.0 Å². The van der Waals surface area contributed by atoms with E-state index in [0.29, 0.717) is 0 Å².